The highest BCUT2D eigenvalue weighted by Gasteiger charge is 2.17. The number of imidazole rings is 1. The molecule has 2 aromatic rings. The Balaban J connectivity index is 1.49. The predicted molar refractivity (Wildman–Crippen MR) is 114 cm³/mol. The van der Waals surface area contributed by atoms with Gasteiger partial charge in [0.1, 0.15) is 6.20 Å². The minimum atomic E-state index is -0.525. The molecule has 9 heteroatoms. The molecule has 1 N–H and O–H groups in total. The lowest BCUT2D eigenvalue weighted by molar-refractivity contribution is -0.389. The topological polar surface area (TPSA) is 96.5 Å². The van der Waals surface area contributed by atoms with Gasteiger partial charge >= 0.3 is 5.82 Å². The number of carbonyl (C=O) groups is 1. The number of benzene rings is 1. The van der Waals surface area contributed by atoms with E-state index in [9.17, 15) is 14.9 Å². The lowest BCUT2D eigenvalue weighted by Gasteiger charge is -2.34. The second-order valence-corrected chi connectivity index (χ2v) is 7.60. The van der Waals surface area contributed by atoms with Crippen LogP contribution < -0.4 is 5.32 Å². The van der Waals surface area contributed by atoms with Gasteiger partial charge in [-0.05, 0) is 27.6 Å². The summed E-state index contributed by atoms with van der Waals surface area (Å²) in [4.78, 5) is 31.4. The summed E-state index contributed by atoms with van der Waals surface area (Å²) in [6.07, 6.45) is 1.62. The molecule has 0 saturated carbocycles. The molecule has 162 valence electrons. The fourth-order valence-electron chi connectivity index (χ4n) is 3.70. The number of likely N-dealkylation sites (N-methyl/N-ethyl adjacent to an activating group) is 1. The lowest BCUT2D eigenvalue weighted by atomic mass is 10.1. The molecule has 1 aromatic heterocycles. The first-order valence-electron chi connectivity index (χ1n) is 10.4. The number of piperazine rings is 1. The van der Waals surface area contributed by atoms with E-state index < -0.39 is 4.92 Å². The Morgan fingerprint density at radius 2 is 1.83 bits per heavy atom. The molecule has 9 nitrogen and oxygen atoms in total. The van der Waals surface area contributed by atoms with Crippen molar-refractivity contribution in [2.75, 3.05) is 32.7 Å². The van der Waals surface area contributed by atoms with Gasteiger partial charge in [0, 0.05) is 59.2 Å². The molecule has 0 spiro atoms. The van der Waals surface area contributed by atoms with Crippen molar-refractivity contribution < 1.29 is 9.72 Å². The van der Waals surface area contributed by atoms with E-state index in [1.54, 1.807) is 11.5 Å². The van der Waals surface area contributed by atoms with Crippen LogP contribution in [0.4, 0.5) is 5.82 Å². The van der Waals surface area contributed by atoms with Crippen molar-refractivity contribution in [1.29, 1.82) is 0 Å². The largest absolute Gasteiger partial charge is 0.381 e. The zero-order valence-electron chi connectivity index (χ0n) is 17.7. The van der Waals surface area contributed by atoms with Crippen LogP contribution in [-0.4, -0.2) is 62.9 Å². The molecule has 0 radical (unpaired) electrons. The van der Waals surface area contributed by atoms with E-state index in [-0.39, 0.29) is 18.1 Å². The number of nitro groups is 1. The van der Waals surface area contributed by atoms with Gasteiger partial charge in [-0.15, -0.1) is 0 Å². The Morgan fingerprint density at radius 1 is 1.17 bits per heavy atom. The van der Waals surface area contributed by atoms with E-state index in [4.69, 9.17) is 0 Å². The van der Waals surface area contributed by atoms with Crippen molar-refractivity contribution in [3.63, 3.8) is 0 Å². The van der Waals surface area contributed by atoms with Gasteiger partial charge in [0.2, 0.25) is 11.7 Å². The molecule has 2 heterocycles. The minimum absolute atomic E-state index is 0.0860. The van der Waals surface area contributed by atoms with Crippen LogP contribution in [0.2, 0.25) is 0 Å². The molecule has 0 bridgehead atoms. The van der Waals surface area contributed by atoms with E-state index in [1.165, 1.54) is 11.8 Å². The molecule has 1 aliphatic heterocycles. The van der Waals surface area contributed by atoms with E-state index in [2.05, 4.69) is 39.2 Å². The number of aromatic nitrogens is 2. The number of hydrogen-bond acceptors (Lipinski definition) is 6. The first-order valence-corrected chi connectivity index (χ1v) is 10.4. The third-order valence-corrected chi connectivity index (χ3v) is 5.63. The molecule has 1 saturated heterocycles. The molecule has 1 aromatic carbocycles. The maximum Gasteiger partial charge on any atom is 0.381 e. The van der Waals surface area contributed by atoms with Crippen LogP contribution in [0.25, 0.3) is 0 Å². The third-order valence-electron chi connectivity index (χ3n) is 5.63. The zero-order chi connectivity index (χ0) is 21.5. The molecular weight excluding hydrogens is 384 g/mol. The molecule has 1 aliphatic rings. The highest BCUT2D eigenvalue weighted by molar-refractivity contribution is 5.75. The summed E-state index contributed by atoms with van der Waals surface area (Å²) >= 11 is 0. The van der Waals surface area contributed by atoms with Crippen LogP contribution in [0, 0.1) is 17.0 Å². The van der Waals surface area contributed by atoms with Crippen LogP contribution in [0.5, 0.6) is 0 Å². The number of aryl methyl sites for hydroxylation is 2. The maximum absolute atomic E-state index is 12.3. The molecule has 0 atom stereocenters. The van der Waals surface area contributed by atoms with Gasteiger partial charge < -0.3 is 24.9 Å². The molecule has 30 heavy (non-hydrogen) atoms. The second kappa shape index (κ2) is 10.3. The zero-order valence-corrected chi connectivity index (χ0v) is 17.7. The second-order valence-electron chi connectivity index (χ2n) is 7.60. The average Bonchev–Trinajstić information content (AvgIpc) is 3.13. The molecule has 1 fully saturated rings. The molecule has 3 rings (SSSR count). The molecule has 0 unspecified atom stereocenters. The van der Waals surface area contributed by atoms with E-state index in [1.807, 2.05) is 12.1 Å². The fraction of sp³-hybridized carbons (Fsp3) is 0.524. The molecular formula is C21H30N6O3. The maximum atomic E-state index is 12.3. The van der Waals surface area contributed by atoms with Crippen molar-refractivity contribution in [3.05, 3.63) is 57.5 Å². The minimum Gasteiger partial charge on any atom is -0.358 e. The Morgan fingerprint density at radius 3 is 2.47 bits per heavy atom. The number of hydrogen-bond donors (Lipinski definition) is 1. The normalized spacial score (nSPS) is 15.3. The first-order chi connectivity index (χ1) is 14.5. The SMILES string of the molecule is CCN1CCN(Cc2ccccc2CNC(=O)CCn2cc([N+](=O)[O-])nc2C)CC1. The summed E-state index contributed by atoms with van der Waals surface area (Å²) in [6.45, 7) is 11.0. The third kappa shape index (κ3) is 5.87. The monoisotopic (exact) mass is 414 g/mol. The van der Waals surface area contributed by atoms with Gasteiger partial charge in [0.05, 0.1) is 0 Å². The standard InChI is InChI=1S/C21H30N6O3/c1-3-24-10-12-25(13-11-24)15-19-7-5-4-6-18(19)14-22-21(28)8-9-26-16-20(27(29)30)23-17(26)2/h4-7,16H,3,8-15H2,1-2H3,(H,22,28). The quantitative estimate of drug-likeness (QED) is 0.498. The van der Waals surface area contributed by atoms with E-state index >= 15 is 0 Å². The predicted octanol–water partition coefficient (Wildman–Crippen LogP) is 1.94. The van der Waals surface area contributed by atoms with Crippen molar-refractivity contribution in [1.82, 2.24) is 24.7 Å². The number of rotatable bonds is 9. The van der Waals surface area contributed by atoms with Gasteiger partial charge in [-0.1, -0.05) is 31.2 Å². The summed E-state index contributed by atoms with van der Waals surface area (Å²) in [5.74, 6) is 0.252. The van der Waals surface area contributed by atoms with Crippen LogP contribution in [-0.2, 0) is 24.4 Å². The van der Waals surface area contributed by atoms with Crippen LogP contribution >= 0.6 is 0 Å². The lowest BCUT2D eigenvalue weighted by Crippen LogP contribution is -2.45. The molecule has 0 aliphatic carbocycles. The number of nitrogens with one attached hydrogen (secondary N) is 1. The molecule has 1 amide bonds. The van der Waals surface area contributed by atoms with E-state index in [0.29, 0.717) is 18.9 Å². The smallest absolute Gasteiger partial charge is 0.358 e. The number of carbonyl (C=O) groups excluding carboxylic acids is 1. The average molecular weight is 415 g/mol. The van der Waals surface area contributed by atoms with Gasteiger partial charge in [-0.3, -0.25) is 9.69 Å². The van der Waals surface area contributed by atoms with Crippen molar-refractivity contribution >= 4 is 11.7 Å². The first kappa shape index (κ1) is 21.9. The van der Waals surface area contributed by atoms with Crippen molar-refractivity contribution in [2.24, 2.45) is 0 Å². The van der Waals surface area contributed by atoms with Gasteiger partial charge in [-0.25, -0.2) is 0 Å². The Hall–Kier alpha value is -2.78. The summed E-state index contributed by atoms with van der Waals surface area (Å²) in [5, 5.41) is 13.8. The van der Waals surface area contributed by atoms with E-state index in [0.717, 1.165) is 44.8 Å². The Kier molecular flexibility index (Phi) is 7.53. The summed E-state index contributed by atoms with van der Waals surface area (Å²) in [6, 6.07) is 8.22. The highest BCUT2D eigenvalue weighted by Crippen LogP contribution is 2.14. The summed E-state index contributed by atoms with van der Waals surface area (Å²) < 4.78 is 1.64. The van der Waals surface area contributed by atoms with Crippen molar-refractivity contribution in [3.8, 4) is 0 Å². The Labute approximate surface area is 176 Å². The summed E-state index contributed by atoms with van der Waals surface area (Å²) in [7, 11) is 0. The highest BCUT2D eigenvalue weighted by atomic mass is 16.6. The van der Waals surface area contributed by atoms with Crippen LogP contribution in [0.3, 0.4) is 0 Å². The van der Waals surface area contributed by atoms with Gasteiger partial charge in [-0.2, -0.15) is 0 Å². The van der Waals surface area contributed by atoms with Crippen LogP contribution in [0.15, 0.2) is 30.5 Å². The fourth-order valence-corrected chi connectivity index (χ4v) is 3.70. The van der Waals surface area contributed by atoms with Gasteiger partial charge in [0.25, 0.3) is 0 Å². The number of nitrogens with zero attached hydrogens (tertiary/aromatic N) is 5. The van der Waals surface area contributed by atoms with Crippen molar-refractivity contribution in [2.45, 2.75) is 39.9 Å². The Bertz CT molecular complexity index is 873. The van der Waals surface area contributed by atoms with Crippen LogP contribution in [0.1, 0.15) is 30.3 Å². The number of amides is 1. The van der Waals surface area contributed by atoms with Gasteiger partial charge in [0.15, 0.2) is 0 Å². The summed E-state index contributed by atoms with van der Waals surface area (Å²) in [5.41, 5.74) is 2.36.